The van der Waals surface area contributed by atoms with E-state index in [9.17, 15) is 10.2 Å². The Morgan fingerprint density at radius 1 is 0.580 bits per heavy atom. The largest absolute Gasteiger partial charge is 2.00 e. The minimum absolute atomic E-state index is 0. The van der Waals surface area contributed by atoms with Crippen LogP contribution in [0.2, 0.25) is 0 Å². The molecule has 50 heavy (non-hydrogen) atoms. The monoisotopic (exact) mass is 722 g/mol. The van der Waals surface area contributed by atoms with E-state index in [1.165, 1.54) is 82.3 Å². The maximum Gasteiger partial charge on any atom is 2.00 e. The van der Waals surface area contributed by atoms with E-state index < -0.39 is 0 Å². The van der Waals surface area contributed by atoms with E-state index in [4.69, 9.17) is 9.98 Å². The molecular weight excluding hydrogens is 659 g/mol. The van der Waals surface area contributed by atoms with Gasteiger partial charge in [0, 0.05) is 0 Å². The van der Waals surface area contributed by atoms with Crippen LogP contribution in [0.15, 0.2) is 88.9 Å². The zero-order valence-corrected chi connectivity index (χ0v) is 32.5. The zero-order chi connectivity index (χ0) is 35.4. The molecule has 0 aromatic heterocycles. The van der Waals surface area contributed by atoms with Gasteiger partial charge >= 0.3 is 16.5 Å². The number of nitrogens with zero attached hydrogens (tertiary/aromatic N) is 2. The molecule has 276 valence electrons. The molecule has 0 unspecified atom stereocenters. The average Bonchev–Trinajstić information content (AvgIpc) is 3.12. The third kappa shape index (κ3) is 19.9. The predicted molar refractivity (Wildman–Crippen MR) is 211 cm³/mol. The summed E-state index contributed by atoms with van der Waals surface area (Å²) in [6.07, 6.45) is 28.0. The van der Waals surface area contributed by atoms with Crippen LogP contribution in [-0.2, 0) is 22.9 Å². The molecular formula is C45H64N2NiO2. The van der Waals surface area contributed by atoms with Gasteiger partial charge in [-0.2, -0.15) is 0 Å². The summed E-state index contributed by atoms with van der Waals surface area (Å²) in [5.74, 6) is -0.713. The number of hydrogen-bond acceptors (Lipinski definition) is 4. The molecule has 0 aliphatic heterocycles. The summed E-state index contributed by atoms with van der Waals surface area (Å²) in [5.41, 5.74) is 6.13. The number of rotatable bonds is 23. The SMILES string of the molecule is CCCCCCCCCCCCCC=Cc1cccc(N=C(CCCC)C(CC)=Nc2ccccc2)c1.CCCCc1cccc([O-])c1[O-].[Ni+2]. The van der Waals surface area contributed by atoms with Crippen molar-refractivity contribution in [1.82, 2.24) is 0 Å². The van der Waals surface area contributed by atoms with E-state index in [0.717, 1.165) is 74.2 Å². The Labute approximate surface area is 315 Å². The predicted octanol–water partition coefficient (Wildman–Crippen LogP) is 13.0. The van der Waals surface area contributed by atoms with Gasteiger partial charge in [-0.15, -0.1) is 11.5 Å². The Morgan fingerprint density at radius 3 is 1.80 bits per heavy atom. The van der Waals surface area contributed by atoms with E-state index in [1.807, 2.05) is 18.2 Å². The third-order valence-corrected chi connectivity index (χ3v) is 8.73. The molecule has 3 aromatic rings. The second kappa shape index (κ2) is 29.6. The van der Waals surface area contributed by atoms with Crippen molar-refractivity contribution in [2.45, 2.75) is 150 Å². The van der Waals surface area contributed by atoms with Gasteiger partial charge in [0.15, 0.2) is 0 Å². The summed E-state index contributed by atoms with van der Waals surface area (Å²) < 4.78 is 0. The molecule has 5 heteroatoms. The standard InChI is InChI=1S/C35H52N2.C10H14O2.Ni/c1-4-7-9-10-11-12-13-14-15-16-17-18-20-24-31-25-23-28-33(30-31)37-35(29-8-5-2)34(6-3)36-32-26-21-19-22-27-32;1-2-3-5-8-6-4-7-9(11)10(8)12;/h19-28,30H,4-18,29H2,1-3H3;4,6-7,11-12H,2-3,5H2,1H3;/q;;+2/p-2. The van der Waals surface area contributed by atoms with E-state index in [-0.39, 0.29) is 28.0 Å². The Kier molecular flexibility index (Phi) is 26.5. The van der Waals surface area contributed by atoms with Crippen molar-refractivity contribution in [3.05, 3.63) is 90.0 Å². The first-order valence-electron chi connectivity index (χ1n) is 19.4. The molecule has 0 aliphatic rings. The maximum atomic E-state index is 11.2. The molecule has 0 N–H and O–H groups in total. The number of aliphatic imine (C=N–C) groups is 2. The first kappa shape index (κ1) is 44.9. The maximum absolute atomic E-state index is 11.2. The van der Waals surface area contributed by atoms with Gasteiger partial charge in [-0.05, 0) is 74.8 Å². The van der Waals surface area contributed by atoms with Crippen LogP contribution in [0.3, 0.4) is 0 Å². The number of allylic oxidation sites excluding steroid dienone is 1. The number of para-hydroxylation sites is 2. The van der Waals surface area contributed by atoms with Crippen molar-refractivity contribution in [3.8, 4) is 11.5 Å². The fraction of sp³-hybridized carbons (Fsp3) is 0.511. The molecule has 0 spiro atoms. The fourth-order valence-corrected chi connectivity index (χ4v) is 5.74. The number of unbranched alkanes of at least 4 members (excludes halogenated alkanes) is 13. The summed E-state index contributed by atoms with van der Waals surface area (Å²) in [6.45, 7) is 8.76. The Hall–Kier alpha value is -3.17. The summed E-state index contributed by atoms with van der Waals surface area (Å²) in [4.78, 5) is 10.0. The molecule has 0 heterocycles. The molecule has 0 fully saturated rings. The molecule has 3 aromatic carbocycles. The average molecular weight is 724 g/mol. The summed E-state index contributed by atoms with van der Waals surface area (Å²) in [7, 11) is 0. The van der Waals surface area contributed by atoms with Gasteiger partial charge in [0.1, 0.15) is 0 Å². The van der Waals surface area contributed by atoms with Crippen molar-refractivity contribution < 1.29 is 26.7 Å². The van der Waals surface area contributed by atoms with Crippen LogP contribution in [0.1, 0.15) is 154 Å². The summed E-state index contributed by atoms with van der Waals surface area (Å²) >= 11 is 0. The van der Waals surface area contributed by atoms with Gasteiger partial charge in [-0.3, -0.25) is 9.98 Å². The van der Waals surface area contributed by atoms with Gasteiger partial charge < -0.3 is 10.2 Å². The van der Waals surface area contributed by atoms with E-state index >= 15 is 0 Å². The van der Waals surface area contributed by atoms with E-state index in [0.29, 0.717) is 5.56 Å². The first-order valence-corrected chi connectivity index (χ1v) is 19.4. The Bertz CT molecular complexity index is 1370. The molecule has 3 rings (SSSR count). The zero-order valence-electron chi connectivity index (χ0n) is 31.5. The van der Waals surface area contributed by atoms with Crippen molar-refractivity contribution in [3.63, 3.8) is 0 Å². The topological polar surface area (TPSA) is 70.8 Å². The fourth-order valence-electron chi connectivity index (χ4n) is 5.74. The van der Waals surface area contributed by atoms with Gasteiger partial charge in [0.2, 0.25) is 0 Å². The molecule has 0 atom stereocenters. The number of benzene rings is 3. The smallest absolute Gasteiger partial charge is 0.873 e. The summed E-state index contributed by atoms with van der Waals surface area (Å²) in [6, 6.07) is 23.6. The number of aryl methyl sites for hydroxylation is 1. The quantitative estimate of drug-likeness (QED) is 0.0555. The minimum Gasteiger partial charge on any atom is -0.873 e. The Morgan fingerprint density at radius 2 is 1.16 bits per heavy atom. The third-order valence-electron chi connectivity index (χ3n) is 8.73. The van der Waals surface area contributed by atoms with Gasteiger partial charge in [0.25, 0.3) is 0 Å². The first-order chi connectivity index (χ1) is 24.0. The van der Waals surface area contributed by atoms with E-state index in [1.54, 1.807) is 12.1 Å². The molecule has 0 saturated carbocycles. The van der Waals surface area contributed by atoms with Crippen molar-refractivity contribution >= 4 is 28.9 Å². The Balaban J connectivity index is 0.000000810. The second-order valence-electron chi connectivity index (χ2n) is 13.1. The van der Waals surface area contributed by atoms with Crippen LogP contribution in [0.5, 0.6) is 11.5 Å². The van der Waals surface area contributed by atoms with Crippen molar-refractivity contribution in [2.75, 3.05) is 0 Å². The molecule has 4 nitrogen and oxygen atoms in total. The van der Waals surface area contributed by atoms with Gasteiger partial charge in [-0.1, -0.05) is 171 Å². The summed E-state index contributed by atoms with van der Waals surface area (Å²) in [5, 5.41) is 22.1. The second-order valence-corrected chi connectivity index (χ2v) is 13.1. The normalized spacial score (nSPS) is 11.7. The number of hydrogen-bond donors (Lipinski definition) is 0. The van der Waals surface area contributed by atoms with Crippen LogP contribution < -0.4 is 10.2 Å². The molecule has 0 aliphatic carbocycles. The van der Waals surface area contributed by atoms with Crippen molar-refractivity contribution in [2.24, 2.45) is 9.98 Å². The van der Waals surface area contributed by atoms with Crippen molar-refractivity contribution in [1.29, 1.82) is 0 Å². The van der Waals surface area contributed by atoms with Crippen LogP contribution in [0.25, 0.3) is 6.08 Å². The van der Waals surface area contributed by atoms with Crippen LogP contribution in [-0.4, -0.2) is 11.4 Å². The molecule has 0 amide bonds. The van der Waals surface area contributed by atoms with Crippen LogP contribution in [0, 0.1) is 0 Å². The molecule has 0 bridgehead atoms. The molecule has 0 radical (unpaired) electrons. The van der Waals surface area contributed by atoms with Crippen LogP contribution >= 0.6 is 0 Å². The molecule has 0 saturated heterocycles. The van der Waals surface area contributed by atoms with Gasteiger partial charge in [-0.25, -0.2) is 0 Å². The van der Waals surface area contributed by atoms with Gasteiger partial charge in [0.05, 0.1) is 22.8 Å². The minimum atomic E-state index is -0.386. The van der Waals surface area contributed by atoms with Crippen LogP contribution in [0.4, 0.5) is 11.4 Å². The van der Waals surface area contributed by atoms with E-state index in [2.05, 4.69) is 76.2 Å².